The minimum Gasteiger partial charge on any atom is -0.356 e. The summed E-state index contributed by atoms with van der Waals surface area (Å²) in [6, 6.07) is 8.62. The van der Waals surface area contributed by atoms with Crippen molar-refractivity contribution in [3.8, 4) is 0 Å². The van der Waals surface area contributed by atoms with E-state index in [4.69, 9.17) is 12.2 Å². The van der Waals surface area contributed by atoms with E-state index in [1.54, 1.807) is 0 Å². The normalized spacial score (nSPS) is 18.8. The smallest absolute Gasteiger partial charge is 0.171 e. The lowest BCUT2D eigenvalue weighted by Gasteiger charge is -2.20. The molecule has 0 heterocycles. The van der Waals surface area contributed by atoms with Crippen molar-refractivity contribution in [2.45, 2.75) is 32.2 Å². The number of thiocarbonyl (C=S) groups is 1. The molecule has 1 aliphatic rings. The molecule has 2 nitrogen and oxygen atoms in total. The Balaban J connectivity index is 1.86. The molecule has 1 aromatic carbocycles. The molecule has 0 saturated carbocycles. The Kier molecular flexibility index (Phi) is 4.15. The van der Waals surface area contributed by atoms with Crippen LogP contribution in [-0.4, -0.2) is 11.2 Å². The molecule has 0 bridgehead atoms. The summed E-state index contributed by atoms with van der Waals surface area (Å²) in [6.07, 6.45) is 8.01. The molecule has 0 unspecified atom stereocenters. The monoisotopic (exact) mass is 246 g/mol. The fourth-order valence-corrected chi connectivity index (χ4v) is 2.17. The number of benzene rings is 1. The summed E-state index contributed by atoms with van der Waals surface area (Å²) in [6.45, 7) is 2.08. The van der Waals surface area contributed by atoms with Gasteiger partial charge in [0.2, 0.25) is 0 Å². The molecule has 2 N–H and O–H groups in total. The van der Waals surface area contributed by atoms with E-state index in [2.05, 4.69) is 41.8 Å². The summed E-state index contributed by atoms with van der Waals surface area (Å²) in [5, 5.41) is 7.22. The molecule has 0 amide bonds. The van der Waals surface area contributed by atoms with Crippen LogP contribution in [0.2, 0.25) is 0 Å². The van der Waals surface area contributed by atoms with Crippen LogP contribution in [0, 0.1) is 6.92 Å². The molecule has 90 valence electrons. The van der Waals surface area contributed by atoms with Gasteiger partial charge in [-0.25, -0.2) is 0 Å². The van der Waals surface area contributed by atoms with E-state index in [1.807, 2.05) is 12.1 Å². The van der Waals surface area contributed by atoms with Crippen molar-refractivity contribution >= 4 is 23.0 Å². The Morgan fingerprint density at radius 2 is 2.06 bits per heavy atom. The summed E-state index contributed by atoms with van der Waals surface area (Å²) >= 11 is 5.29. The first-order valence-corrected chi connectivity index (χ1v) is 6.46. The van der Waals surface area contributed by atoms with E-state index in [1.165, 1.54) is 18.4 Å². The average Bonchev–Trinajstić information content (AvgIpc) is 2.33. The Bertz CT molecular complexity index is 409. The number of aryl methyl sites for hydroxylation is 1. The zero-order valence-electron chi connectivity index (χ0n) is 10.1. The van der Waals surface area contributed by atoms with Gasteiger partial charge in [-0.15, -0.1) is 0 Å². The van der Waals surface area contributed by atoms with Crippen LogP contribution in [0.25, 0.3) is 0 Å². The van der Waals surface area contributed by atoms with Gasteiger partial charge in [0, 0.05) is 11.7 Å². The number of hydrogen-bond donors (Lipinski definition) is 2. The molecule has 0 aromatic heterocycles. The average molecular weight is 246 g/mol. The van der Waals surface area contributed by atoms with Gasteiger partial charge in [-0.05, 0) is 50.5 Å². The van der Waals surface area contributed by atoms with Gasteiger partial charge in [-0.2, -0.15) is 0 Å². The second-order valence-electron chi connectivity index (χ2n) is 4.43. The molecule has 1 aliphatic carbocycles. The number of nitrogens with one attached hydrogen (secondary N) is 2. The van der Waals surface area contributed by atoms with Crippen LogP contribution >= 0.6 is 12.2 Å². The predicted molar refractivity (Wildman–Crippen MR) is 77.3 cm³/mol. The van der Waals surface area contributed by atoms with Gasteiger partial charge in [0.05, 0.1) is 0 Å². The van der Waals surface area contributed by atoms with E-state index in [0.717, 1.165) is 12.1 Å². The van der Waals surface area contributed by atoms with Crippen molar-refractivity contribution in [2.75, 3.05) is 5.32 Å². The molecule has 0 aliphatic heterocycles. The fraction of sp³-hybridized carbons (Fsp3) is 0.357. The van der Waals surface area contributed by atoms with E-state index >= 15 is 0 Å². The van der Waals surface area contributed by atoms with Crippen LogP contribution in [0.1, 0.15) is 24.8 Å². The molecular weight excluding hydrogens is 228 g/mol. The molecule has 1 aromatic rings. The molecule has 0 fully saturated rings. The molecular formula is C14H18N2S. The summed E-state index contributed by atoms with van der Waals surface area (Å²) in [5.41, 5.74) is 2.29. The maximum Gasteiger partial charge on any atom is 0.171 e. The quantitative estimate of drug-likeness (QED) is 0.618. The molecule has 17 heavy (non-hydrogen) atoms. The van der Waals surface area contributed by atoms with Crippen molar-refractivity contribution in [3.63, 3.8) is 0 Å². The zero-order chi connectivity index (χ0) is 12.1. The summed E-state index contributed by atoms with van der Waals surface area (Å²) in [5.74, 6) is 0. The largest absolute Gasteiger partial charge is 0.356 e. The molecule has 2 rings (SSSR count). The highest BCUT2D eigenvalue weighted by atomic mass is 32.1. The lowest BCUT2D eigenvalue weighted by atomic mass is 10.0. The minimum absolute atomic E-state index is 0.384. The van der Waals surface area contributed by atoms with E-state index in [-0.39, 0.29) is 0 Å². The van der Waals surface area contributed by atoms with E-state index in [0.29, 0.717) is 11.2 Å². The van der Waals surface area contributed by atoms with Crippen LogP contribution in [0.3, 0.4) is 0 Å². The lowest BCUT2D eigenvalue weighted by molar-refractivity contribution is 0.603. The van der Waals surface area contributed by atoms with E-state index < -0.39 is 0 Å². The van der Waals surface area contributed by atoms with Crippen molar-refractivity contribution in [1.29, 1.82) is 0 Å². The van der Waals surface area contributed by atoms with Gasteiger partial charge >= 0.3 is 0 Å². The van der Waals surface area contributed by atoms with Gasteiger partial charge in [0.25, 0.3) is 0 Å². The number of anilines is 1. The van der Waals surface area contributed by atoms with Crippen LogP contribution in [-0.2, 0) is 0 Å². The summed E-state index contributed by atoms with van der Waals surface area (Å²) in [4.78, 5) is 0. The molecule has 0 saturated heterocycles. The van der Waals surface area contributed by atoms with Crippen LogP contribution in [0.5, 0.6) is 0 Å². The first kappa shape index (κ1) is 12.1. The SMILES string of the molecule is Cc1ccc(NC(=S)N[C@@H]2C=CCCC2)cc1. The summed E-state index contributed by atoms with van der Waals surface area (Å²) < 4.78 is 0. The van der Waals surface area contributed by atoms with E-state index in [9.17, 15) is 0 Å². The third-order valence-electron chi connectivity index (χ3n) is 2.88. The second-order valence-corrected chi connectivity index (χ2v) is 4.84. The minimum atomic E-state index is 0.384. The van der Waals surface area contributed by atoms with Gasteiger partial charge in [0.15, 0.2) is 5.11 Å². The third-order valence-corrected chi connectivity index (χ3v) is 3.10. The van der Waals surface area contributed by atoms with Gasteiger partial charge in [-0.1, -0.05) is 29.8 Å². The number of rotatable bonds is 2. The number of hydrogen-bond acceptors (Lipinski definition) is 1. The molecule has 0 radical (unpaired) electrons. The number of allylic oxidation sites excluding steroid dienone is 1. The second kappa shape index (κ2) is 5.82. The van der Waals surface area contributed by atoms with Crippen molar-refractivity contribution in [3.05, 3.63) is 42.0 Å². The predicted octanol–water partition coefficient (Wildman–Crippen LogP) is 3.39. The molecule has 3 heteroatoms. The topological polar surface area (TPSA) is 24.1 Å². The molecule has 1 atom stereocenters. The van der Waals surface area contributed by atoms with Gasteiger partial charge < -0.3 is 10.6 Å². The van der Waals surface area contributed by atoms with Gasteiger partial charge in [0.1, 0.15) is 0 Å². The molecule has 0 spiro atoms. The highest BCUT2D eigenvalue weighted by Crippen LogP contribution is 2.11. The Labute approximate surface area is 108 Å². The van der Waals surface area contributed by atoms with Crippen LogP contribution < -0.4 is 10.6 Å². The fourth-order valence-electron chi connectivity index (χ4n) is 1.91. The van der Waals surface area contributed by atoms with Crippen LogP contribution in [0.15, 0.2) is 36.4 Å². The maximum atomic E-state index is 5.29. The first-order valence-electron chi connectivity index (χ1n) is 6.05. The Hall–Kier alpha value is -1.35. The third kappa shape index (κ3) is 3.86. The van der Waals surface area contributed by atoms with Crippen molar-refractivity contribution < 1.29 is 0 Å². The lowest BCUT2D eigenvalue weighted by Crippen LogP contribution is -2.37. The first-order chi connectivity index (χ1) is 8.24. The van der Waals surface area contributed by atoms with Gasteiger partial charge in [-0.3, -0.25) is 0 Å². The van der Waals surface area contributed by atoms with Crippen molar-refractivity contribution in [1.82, 2.24) is 5.32 Å². The highest BCUT2D eigenvalue weighted by Gasteiger charge is 2.09. The Morgan fingerprint density at radius 1 is 1.29 bits per heavy atom. The standard InChI is InChI=1S/C14H18N2S/c1-11-7-9-13(10-8-11)16-14(17)15-12-5-3-2-4-6-12/h3,5,7-10,12H,2,4,6H2,1H3,(H2,15,16,17)/t12-/m1/s1. The Morgan fingerprint density at radius 3 is 2.71 bits per heavy atom. The maximum absolute atomic E-state index is 5.29. The van der Waals surface area contributed by atoms with Crippen LogP contribution in [0.4, 0.5) is 5.69 Å². The highest BCUT2D eigenvalue weighted by molar-refractivity contribution is 7.80. The summed E-state index contributed by atoms with van der Waals surface area (Å²) in [7, 11) is 0. The zero-order valence-corrected chi connectivity index (χ0v) is 10.9. The van der Waals surface area contributed by atoms with Crippen molar-refractivity contribution in [2.24, 2.45) is 0 Å².